The van der Waals surface area contributed by atoms with E-state index in [2.05, 4.69) is 10.6 Å². The zero-order chi connectivity index (χ0) is 9.68. The Morgan fingerprint density at radius 1 is 1.54 bits per heavy atom. The summed E-state index contributed by atoms with van der Waals surface area (Å²) in [5.74, 6) is 0.512. The molecule has 0 bridgehead atoms. The molecule has 13 heavy (non-hydrogen) atoms. The highest BCUT2D eigenvalue weighted by molar-refractivity contribution is 5.72. The summed E-state index contributed by atoms with van der Waals surface area (Å²) in [7, 11) is 0. The van der Waals surface area contributed by atoms with E-state index >= 15 is 0 Å². The molecule has 4 nitrogen and oxygen atoms in total. The third kappa shape index (κ3) is 4.85. The van der Waals surface area contributed by atoms with Gasteiger partial charge in [0.2, 0.25) is 5.91 Å². The van der Waals surface area contributed by atoms with Gasteiger partial charge in [0.05, 0.1) is 6.10 Å². The molecule has 76 valence electrons. The number of hydrogen-bond donors (Lipinski definition) is 3. The van der Waals surface area contributed by atoms with E-state index in [0.29, 0.717) is 19.0 Å². The van der Waals surface area contributed by atoms with Crippen LogP contribution in [0, 0.1) is 5.92 Å². The van der Waals surface area contributed by atoms with E-state index < -0.39 is 0 Å². The molecule has 1 unspecified atom stereocenters. The highest BCUT2D eigenvalue weighted by atomic mass is 16.3. The Bertz CT molecular complexity index is 169. The Kier molecular flexibility index (Phi) is 4.18. The zero-order valence-corrected chi connectivity index (χ0v) is 8.05. The van der Waals surface area contributed by atoms with Crippen LogP contribution in [-0.2, 0) is 4.79 Å². The summed E-state index contributed by atoms with van der Waals surface area (Å²) in [6.45, 7) is 3.50. The van der Waals surface area contributed by atoms with Gasteiger partial charge in [-0.1, -0.05) is 0 Å². The van der Waals surface area contributed by atoms with E-state index in [9.17, 15) is 9.90 Å². The quantitative estimate of drug-likeness (QED) is 0.489. The van der Waals surface area contributed by atoms with Crippen LogP contribution in [0.5, 0.6) is 0 Å². The maximum Gasteiger partial charge on any atom is 0.216 e. The molecular formula is C9H18N2O2. The molecule has 1 atom stereocenters. The number of nitrogens with one attached hydrogen (secondary N) is 2. The molecule has 0 aliphatic heterocycles. The molecule has 0 radical (unpaired) electrons. The number of rotatable bonds is 6. The SMILES string of the molecule is CC(=O)NCCNCC(O)C1CC1. The van der Waals surface area contributed by atoms with E-state index in [-0.39, 0.29) is 12.0 Å². The van der Waals surface area contributed by atoms with Gasteiger partial charge >= 0.3 is 0 Å². The van der Waals surface area contributed by atoms with Gasteiger partial charge in [-0.15, -0.1) is 0 Å². The molecule has 1 fully saturated rings. The van der Waals surface area contributed by atoms with Crippen LogP contribution in [0.2, 0.25) is 0 Å². The number of hydrogen-bond acceptors (Lipinski definition) is 3. The molecule has 4 heteroatoms. The highest BCUT2D eigenvalue weighted by Gasteiger charge is 2.28. The number of carbonyl (C=O) groups is 1. The molecule has 1 aliphatic rings. The minimum Gasteiger partial charge on any atom is -0.392 e. The Morgan fingerprint density at radius 3 is 2.77 bits per heavy atom. The fourth-order valence-corrected chi connectivity index (χ4v) is 1.22. The summed E-state index contributed by atoms with van der Waals surface area (Å²) < 4.78 is 0. The minimum atomic E-state index is -0.197. The van der Waals surface area contributed by atoms with E-state index in [1.54, 1.807) is 0 Å². The van der Waals surface area contributed by atoms with Crippen LogP contribution in [0.15, 0.2) is 0 Å². The summed E-state index contributed by atoms with van der Waals surface area (Å²) in [5.41, 5.74) is 0. The summed E-state index contributed by atoms with van der Waals surface area (Å²) in [6.07, 6.45) is 2.13. The first kappa shape index (κ1) is 10.5. The topological polar surface area (TPSA) is 61.4 Å². The van der Waals surface area contributed by atoms with Crippen LogP contribution in [0.3, 0.4) is 0 Å². The van der Waals surface area contributed by atoms with Crippen molar-refractivity contribution in [1.29, 1.82) is 0 Å². The lowest BCUT2D eigenvalue weighted by Crippen LogP contribution is -2.35. The second-order valence-electron chi connectivity index (χ2n) is 3.59. The lowest BCUT2D eigenvalue weighted by atomic mass is 10.2. The molecule has 0 spiro atoms. The molecule has 1 aliphatic carbocycles. The fraction of sp³-hybridized carbons (Fsp3) is 0.889. The van der Waals surface area contributed by atoms with Crippen molar-refractivity contribution in [3.63, 3.8) is 0 Å². The lowest BCUT2D eigenvalue weighted by Gasteiger charge is -2.10. The minimum absolute atomic E-state index is 0.00968. The third-order valence-corrected chi connectivity index (χ3v) is 2.20. The predicted octanol–water partition coefficient (Wildman–Crippen LogP) is -0.517. The Hall–Kier alpha value is -0.610. The van der Waals surface area contributed by atoms with Gasteiger partial charge in [0.1, 0.15) is 0 Å². The van der Waals surface area contributed by atoms with Crippen LogP contribution in [-0.4, -0.2) is 36.8 Å². The van der Waals surface area contributed by atoms with Gasteiger partial charge in [-0.25, -0.2) is 0 Å². The van der Waals surface area contributed by atoms with Crippen LogP contribution in [0.25, 0.3) is 0 Å². The Morgan fingerprint density at radius 2 is 2.23 bits per heavy atom. The molecule has 3 N–H and O–H groups in total. The summed E-state index contributed by atoms with van der Waals surface area (Å²) >= 11 is 0. The maximum absolute atomic E-state index is 10.5. The lowest BCUT2D eigenvalue weighted by molar-refractivity contribution is -0.118. The third-order valence-electron chi connectivity index (χ3n) is 2.20. The number of amides is 1. The standard InChI is InChI=1S/C9H18N2O2/c1-7(12)11-5-4-10-6-9(13)8-2-3-8/h8-10,13H,2-6H2,1H3,(H,11,12). The van der Waals surface area contributed by atoms with Crippen molar-refractivity contribution in [2.75, 3.05) is 19.6 Å². The van der Waals surface area contributed by atoms with Gasteiger partial charge in [0.25, 0.3) is 0 Å². The van der Waals surface area contributed by atoms with Crippen LogP contribution in [0.1, 0.15) is 19.8 Å². The van der Waals surface area contributed by atoms with E-state index in [0.717, 1.165) is 19.4 Å². The Labute approximate surface area is 78.7 Å². The summed E-state index contributed by atoms with van der Waals surface area (Å²) in [6, 6.07) is 0. The van der Waals surface area contributed by atoms with Crippen molar-refractivity contribution in [2.45, 2.75) is 25.9 Å². The van der Waals surface area contributed by atoms with Crippen molar-refractivity contribution in [3.8, 4) is 0 Å². The molecule has 0 aromatic carbocycles. The first-order chi connectivity index (χ1) is 6.20. The van der Waals surface area contributed by atoms with Gasteiger partial charge in [0, 0.05) is 26.6 Å². The van der Waals surface area contributed by atoms with Crippen LogP contribution < -0.4 is 10.6 Å². The maximum atomic E-state index is 10.5. The molecule has 0 aromatic rings. The number of aliphatic hydroxyl groups is 1. The molecule has 0 aromatic heterocycles. The van der Waals surface area contributed by atoms with E-state index in [4.69, 9.17) is 0 Å². The monoisotopic (exact) mass is 186 g/mol. The van der Waals surface area contributed by atoms with Gasteiger partial charge < -0.3 is 15.7 Å². The smallest absolute Gasteiger partial charge is 0.216 e. The largest absolute Gasteiger partial charge is 0.392 e. The van der Waals surface area contributed by atoms with E-state index in [1.165, 1.54) is 6.92 Å². The zero-order valence-electron chi connectivity index (χ0n) is 8.05. The first-order valence-corrected chi connectivity index (χ1v) is 4.83. The average molecular weight is 186 g/mol. The highest BCUT2D eigenvalue weighted by Crippen LogP contribution is 2.32. The van der Waals surface area contributed by atoms with Gasteiger partial charge in [-0.3, -0.25) is 4.79 Å². The summed E-state index contributed by atoms with van der Waals surface area (Å²) in [4.78, 5) is 10.5. The second-order valence-corrected chi connectivity index (χ2v) is 3.59. The van der Waals surface area contributed by atoms with E-state index in [1.807, 2.05) is 0 Å². The number of aliphatic hydroxyl groups excluding tert-OH is 1. The van der Waals surface area contributed by atoms with Crippen molar-refractivity contribution in [1.82, 2.24) is 10.6 Å². The average Bonchev–Trinajstić information content (AvgIpc) is 2.85. The second kappa shape index (κ2) is 5.19. The van der Waals surface area contributed by atoms with Crippen molar-refractivity contribution < 1.29 is 9.90 Å². The van der Waals surface area contributed by atoms with Crippen LogP contribution in [0.4, 0.5) is 0 Å². The molecule has 1 saturated carbocycles. The molecular weight excluding hydrogens is 168 g/mol. The molecule has 0 heterocycles. The normalized spacial score (nSPS) is 18.3. The number of carbonyl (C=O) groups excluding carboxylic acids is 1. The van der Waals surface area contributed by atoms with Crippen LogP contribution >= 0.6 is 0 Å². The first-order valence-electron chi connectivity index (χ1n) is 4.83. The fourth-order valence-electron chi connectivity index (χ4n) is 1.22. The van der Waals surface area contributed by atoms with Gasteiger partial charge in [0.15, 0.2) is 0 Å². The summed E-state index contributed by atoms with van der Waals surface area (Å²) in [5, 5.41) is 15.2. The van der Waals surface area contributed by atoms with Crippen molar-refractivity contribution in [3.05, 3.63) is 0 Å². The molecule has 1 amide bonds. The predicted molar refractivity (Wildman–Crippen MR) is 50.3 cm³/mol. The van der Waals surface area contributed by atoms with Crippen molar-refractivity contribution in [2.24, 2.45) is 5.92 Å². The molecule has 1 rings (SSSR count). The van der Waals surface area contributed by atoms with Gasteiger partial charge in [-0.05, 0) is 18.8 Å². The molecule has 0 saturated heterocycles. The van der Waals surface area contributed by atoms with Gasteiger partial charge in [-0.2, -0.15) is 0 Å². The Balaban J connectivity index is 1.85. The van der Waals surface area contributed by atoms with Crippen molar-refractivity contribution >= 4 is 5.91 Å².